The van der Waals surface area contributed by atoms with Gasteiger partial charge in [0.25, 0.3) is 5.91 Å². The number of fused-ring (bicyclic) bond motifs is 3. The maximum absolute atomic E-state index is 14.6. The molecule has 0 saturated heterocycles. The zero-order valence-electron chi connectivity index (χ0n) is 19.7. The first-order valence-corrected chi connectivity index (χ1v) is 10.8. The van der Waals surface area contributed by atoms with Crippen LogP contribution in [-0.2, 0) is 24.6 Å². The lowest BCUT2D eigenvalue weighted by atomic mass is 10.1. The van der Waals surface area contributed by atoms with Gasteiger partial charge in [0.15, 0.2) is 0 Å². The highest BCUT2D eigenvalue weighted by atomic mass is 19.4. The highest BCUT2D eigenvalue weighted by Gasteiger charge is 2.40. The number of hydrogen-bond donors (Lipinski definition) is 4. The summed E-state index contributed by atoms with van der Waals surface area (Å²) < 4.78 is 55.0. The number of aromatic nitrogens is 3. The van der Waals surface area contributed by atoms with Crippen LogP contribution in [0.5, 0.6) is 0 Å². The maximum atomic E-state index is 14.6. The van der Waals surface area contributed by atoms with Crippen LogP contribution in [-0.4, -0.2) is 58.0 Å². The van der Waals surface area contributed by atoms with E-state index in [9.17, 15) is 42.5 Å². The molecule has 38 heavy (non-hydrogen) atoms. The summed E-state index contributed by atoms with van der Waals surface area (Å²) in [7, 11) is 1.62. The number of hydrogen-bond acceptors (Lipinski definition) is 8. The molecule has 0 aliphatic rings. The molecule has 0 fully saturated rings. The molecule has 11 nitrogen and oxygen atoms in total. The minimum absolute atomic E-state index is 0.169. The van der Waals surface area contributed by atoms with Gasteiger partial charge in [-0.3, -0.25) is 14.3 Å². The fourth-order valence-electron chi connectivity index (χ4n) is 4.03. The summed E-state index contributed by atoms with van der Waals surface area (Å²) in [6.07, 6.45) is -7.32. The molecule has 5 N–H and O–H groups in total. The number of rotatable bonds is 4. The number of nitrogen functional groups attached to an aromatic ring is 1. The number of carbonyl (C=O) groups is 2. The van der Waals surface area contributed by atoms with E-state index in [1.165, 1.54) is 29.1 Å². The molecule has 4 aromatic rings. The predicted molar refractivity (Wildman–Crippen MR) is 124 cm³/mol. The molecule has 15 heteroatoms. The molecule has 2 heterocycles. The molecule has 0 radical (unpaired) electrons. The van der Waals surface area contributed by atoms with Gasteiger partial charge in [-0.1, -0.05) is 6.07 Å². The lowest BCUT2D eigenvalue weighted by Gasteiger charge is -2.38. The van der Waals surface area contributed by atoms with Crippen LogP contribution in [0, 0.1) is 5.82 Å². The molecule has 0 aliphatic carbocycles. The molecule has 0 saturated carbocycles. The van der Waals surface area contributed by atoms with Crippen molar-refractivity contribution in [1.29, 1.82) is 0 Å². The highest BCUT2D eigenvalue weighted by molar-refractivity contribution is 6.10. The summed E-state index contributed by atoms with van der Waals surface area (Å²) in [6.45, 7) is -0.196. The van der Waals surface area contributed by atoms with Crippen LogP contribution >= 0.6 is 0 Å². The van der Waals surface area contributed by atoms with Crippen molar-refractivity contribution in [3.63, 3.8) is 0 Å². The van der Waals surface area contributed by atoms with Crippen molar-refractivity contribution in [2.45, 2.75) is 25.7 Å². The minimum atomic E-state index is -4.85. The van der Waals surface area contributed by atoms with Gasteiger partial charge in [-0.05, 0) is 30.3 Å². The number of nitrogens with two attached hydrogens (primary N) is 1. The summed E-state index contributed by atoms with van der Waals surface area (Å²) in [5.41, 5.74) is 4.81. The molecule has 200 valence electrons. The minimum Gasteiger partial charge on any atom is -0.383 e. The van der Waals surface area contributed by atoms with E-state index >= 15 is 0 Å². The van der Waals surface area contributed by atoms with E-state index in [2.05, 4.69) is 10.1 Å². The van der Waals surface area contributed by atoms with Crippen LogP contribution in [0.15, 0.2) is 42.6 Å². The quantitative estimate of drug-likeness (QED) is 0.175. The van der Waals surface area contributed by atoms with E-state index in [-0.39, 0.29) is 22.5 Å². The summed E-state index contributed by atoms with van der Waals surface area (Å²) in [4.78, 5) is 30.1. The van der Waals surface area contributed by atoms with Crippen LogP contribution in [0.25, 0.3) is 21.8 Å². The fraction of sp³-hybridized carbons (Fsp3) is 0.217. The van der Waals surface area contributed by atoms with E-state index in [0.717, 1.165) is 13.0 Å². The summed E-state index contributed by atoms with van der Waals surface area (Å²) in [5, 5.41) is 34.5. The first-order chi connectivity index (χ1) is 17.6. The molecule has 4 rings (SSSR count). The lowest BCUT2D eigenvalue weighted by Crippen LogP contribution is -2.61. The van der Waals surface area contributed by atoms with Crippen LogP contribution in [0.4, 0.5) is 23.4 Å². The second-order valence-electron chi connectivity index (χ2n) is 8.36. The van der Waals surface area contributed by atoms with E-state index in [0.29, 0.717) is 32.9 Å². The van der Waals surface area contributed by atoms with E-state index < -0.39 is 47.6 Å². The van der Waals surface area contributed by atoms with Crippen LogP contribution in [0.3, 0.4) is 0 Å². The normalized spacial score (nSPS) is 12.2. The van der Waals surface area contributed by atoms with Crippen molar-refractivity contribution in [2.24, 2.45) is 7.05 Å². The zero-order valence-corrected chi connectivity index (χ0v) is 19.7. The van der Waals surface area contributed by atoms with Crippen molar-refractivity contribution in [2.75, 3.05) is 5.73 Å². The Balaban J connectivity index is 1.85. The Morgan fingerprint density at radius 2 is 1.76 bits per heavy atom. The van der Waals surface area contributed by atoms with Crippen molar-refractivity contribution < 1.29 is 42.5 Å². The van der Waals surface area contributed by atoms with Crippen molar-refractivity contribution in [3.8, 4) is 0 Å². The Morgan fingerprint density at radius 3 is 2.34 bits per heavy atom. The standard InChI is InChI=1S/C23H20F4N6O5/c1-11(34)33(23(36,37)38)32(10-13-3-5-14(8-17(13)24)22(25,26)27)21(35)12-4-6-18-15(7-12)19-16(20(28)30-18)9-29-31(19)2/h3-9,36-38H,10H2,1-2H3,(H2,28,30). The van der Waals surface area contributed by atoms with Gasteiger partial charge in [0.2, 0.25) is 5.91 Å². The third-order valence-corrected chi connectivity index (χ3v) is 5.71. The molecule has 0 unspecified atom stereocenters. The summed E-state index contributed by atoms with van der Waals surface area (Å²) in [6, 6.07) is 5.44. The average molecular weight is 536 g/mol. The van der Waals surface area contributed by atoms with E-state index in [1.54, 1.807) is 7.05 Å². The number of hydrazine groups is 1. The maximum Gasteiger partial charge on any atom is 0.416 e. The first kappa shape index (κ1) is 26.7. The molecular weight excluding hydrogens is 516 g/mol. The monoisotopic (exact) mass is 536 g/mol. The number of amides is 2. The SMILES string of the molecule is CC(=O)N(N(Cc1ccc(C(F)(F)F)cc1F)C(=O)c1ccc2nc(N)c3cnn(C)c3c2c1)C(O)(O)O. The van der Waals surface area contributed by atoms with Gasteiger partial charge < -0.3 is 21.1 Å². The number of halogens is 4. The van der Waals surface area contributed by atoms with Gasteiger partial charge in [-0.15, -0.1) is 0 Å². The van der Waals surface area contributed by atoms with Gasteiger partial charge in [-0.25, -0.2) is 14.4 Å². The van der Waals surface area contributed by atoms with E-state index in [1.807, 2.05) is 0 Å². The Labute approximate surface area is 210 Å². The smallest absolute Gasteiger partial charge is 0.383 e. The third kappa shape index (κ3) is 4.81. The van der Waals surface area contributed by atoms with Gasteiger partial charge in [0, 0.05) is 30.5 Å². The van der Waals surface area contributed by atoms with Gasteiger partial charge >= 0.3 is 12.3 Å². The Hall–Kier alpha value is -4.34. The van der Waals surface area contributed by atoms with Gasteiger partial charge in [-0.2, -0.15) is 23.3 Å². The molecule has 0 spiro atoms. The van der Waals surface area contributed by atoms with Crippen molar-refractivity contribution >= 4 is 39.4 Å². The topological polar surface area (TPSA) is 158 Å². The van der Waals surface area contributed by atoms with Crippen molar-refractivity contribution in [3.05, 3.63) is 65.1 Å². The summed E-state index contributed by atoms with van der Waals surface area (Å²) >= 11 is 0. The average Bonchev–Trinajstić information content (AvgIpc) is 3.20. The zero-order chi connectivity index (χ0) is 28.2. The highest BCUT2D eigenvalue weighted by Crippen LogP contribution is 2.32. The number of nitrogens with zero attached hydrogens (tertiary/aromatic N) is 5. The Kier molecular flexibility index (Phi) is 6.47. The number of aliphatic hydroxyl groups is 3. The number of carbonyl (C=O) groups excluding carboxylic acids is 2. The lowest BCUT2D eigenvalue weighted by molar-refractivity contribution is -0.412. The predicted octanol–water partition coefficient (Wildman–Crippen LogP) is 1.86. The second kappa shape index (κ2) is 9.20. The molecule has 2 aromatic carbocycles. The van der Waals surface area contributed by atoms with Gasteiger partial charge in [0.1, 0.15) is 11.6 Å². The van der Waals surface area contributed by atoms with E-state index in [4.69, 9.17) is 5.73 Å². The van der Waals surface area contributed by atoms with Gasteiger partial charge in [0.05, 0.1) is 34.7 Å². The molecule has 0 aliphatic heterocycles. The number of anilines is 1. The fourth-order valence-corrected chi connectivity index (χ4v) is 4.03. The Bertz CT molecular complexity index is 1580. The molecule has 2 amide bonds. The van der Waals surface area contributed by atoms with Crippen LogP contribution in [0.2, 0.25) is 0 Å². The molecule has 0 atom stereocenters. The van der Waals surface area contributed by atoms with Crippen LogP contribution in [0.1, 0.15) is 28.4 Å². The number of aryl methyl sites for hydroxylation is 1. The number of benzene rings is 2. The summed E-state index contributed by atoms with van der Waals surface area (Å²) in [5.74, 6) is -3.62. The largest absolute Gasteiger partial charge is 0.416 e. The second-order valence-corrected chi connectivity index (χ2v) is 8.36. The molecular formula is C23H20F4N6O5. The molecule has 2 aromatic heterocycles. The number of alkyl halides is 3. The van der Waals surface area contributed by atoms with Crippen LogP contribution < -0.4 is 5.73 Å². The molecule has 0 bridgehead atoms. The third-order valence-electron chi connectivity index (χ3n) is 5.71. The van der Waals surface area contributed by atoms with Crippen molar-refractivity contribution in [1.82, 2.24) is 24.8 Å². The Morgan fingerprint density at radius 1 is 1.08 bits per heavy atom. The first-order valence-electron chi connectivity index (χ1n) is 10.8. The number of pyridine rings is 1.